The standard InChI is InChI=1S/C12H16N6O4S.C2H6/c1-2-18-7(19)3-17(4-8(18)20)12(22)16-9(10(13)21)6-5-23-11(14)15-6;1-2/h5,9H,2-4H2,1H3,(H2,13,21)(H2,14,15)(H,16,22);1-2H3. The topological polar surface area (TPSA) is 152 Å². The Bertz CT molecular complexity index is 644. The van der Waals surface area contributed by atoms with Crippen LogP contribution in [0.5, 0.6) is 0 Å². The average Bonchev–Trinajstić information content (AvgIpc) is 2.99. The van der Waals surface area contributed by atoms with E-state index >= 15 is 0 Å². The van der Waals surface area contributed by atoms with Crippen LogP contribution >= 0.6 is 11.3 Å². The molecule has 5 N–H and O–H groups in total. The van der Waals surface area contributed by atoms with E-state index in [-0.39, 0.29) is 30.5 Å². The normalized spacial score (nSPS) is 15.3. The predicted molar refractivity (Wildman–Crippen MR) is 92.3 cm³/mol. The predicted octanol–water partition coefficient (Wildman–Crippen LogP) is -0.322. The van der Waals surface area contributed by atoms with E-state index in [0.717, 1.165) is 21.1 Å². The van der Waals surface area contributed by atoms with Gasteiger partial charge in [0.15, 0.2) is 11.2 Å². The highest BCUT2D eigenvalue weighted by Crippen LogP contribution is 2.18. The lowest BCUT2D eigenvalue weighted by Crippen LogP contribution is -2.58. The summed E-state index contributed by atoms with van der Waals surface area (Å²) in [5.74, 6) is -1.78. The van der Waals surface area contributed by atoms with Gasteiger partial charge in [-0.3, -0.25) is 19.3 Å². The second-order valence-electron chi connectivity index (χ2n) is 4.78. The molecule has 0 radical (unpaired) electrons. The molecule has 25 heavy (non-hydrogen) atoms. The number of primary amides is 1. The summed E-state index contributed by atoms with van der Waals surface area (Å²) in [5, 5.41) is 4.09. The third-order valence-corrected chi connectivity index (χ3v) is 3.94. The number of nitrogens with zero attached hydrogens (tertiary/aromatic N) is 3. The molecular formula is C14H22N6O4S. The van der Waals surface area contributed by atoms with Gasteiger partial charge in [-0.1, -0.05) is 13.8 Å². The molecule has 1 aromatic rings. The Kier molecular flexibility index (Phi) is 7.30. The first-order chi connectivity index (χ1) is 11.8. The van der Waals surface area contributed by atoms with Gasteiger partial charge in [0.25, 0.3) is 0 Å². The molecule has 138 valence electrons. The number of thiazole rings is 1. The van der Waals surface area contributed by atoms with E-state index in [2.05, 4.69) is 10.3 Å². The van der Waals surface area contributed by atoms with Crippen LogP contribution in [0.25, 0.3) is 0 Å². The fourth-order valence-corrected chi connectivity index (χ4v) is 2.72. The molecule has 10 nitrogen and oxygen atoms in total. The van der Waals surface area contributed by atoms with E-state index in [1.165, 1.54) is 5.38 Å². The van der Waals surface area contributed by atoms with Gasteiger partial charge in [0.05, 0.1) is 5.69 Å². The highest BCUT2D eigenvalue weighted by atomic mass is 32.1. The summed E-state index contributed by atoms with van der Waals surface area (Å²) in [6, 6.07) is -1.94. The van der Waals surface area contributed by atoms with Crippen molar-refractivity contribution >= 4 is 40.2 Å². The first-order valence-corrected chi connectivity index (χ1v) is 8.60. The van der Waals surface area contributed by atoms with Crippen molar-refractivity contribution in [1.29, 1.82) is 0 Å². The van der Waals surface area contributed by atoms with Crippen LogP contribution in [0.4, 0.5) is 9.93 Å². The molecule has 1 aliphatic rings. The monoisotopic (exact) mass is 370 g/mol. The van der Waals surface area contributed by atoms with Gasteiger partial charge in [-0.2, -0.15) is 0 Å². The number of urea groups is 1. The fraction of sp³-hybridized carbons (Fsp3) is 0.500. The second kappa shape index (κ2) is 8.97. The lowest BCUT2D eigenvalue weighted by Gasteiger charge is -2.32. The van der Waals surface area contributed by atoms with E-state index < -0.39 is 29.8 Å². The van der Waals surface area contributed by atoms with Crippen LogP contribution in [0.15, 0.2) is 5.38 Å². The maximum absolute atomic E-state index is 12.2. The number of imide groups is 1. The number of hydrogen-bond donors (Lipinski definition) is 3. The van der Waals surface area contributed by atoms with Crippen LogP contribution in [0, 0.1) is 0 Å². The minimum Gasteiger partial charge on any atom is -0.375 e. The summed E-state index contributed by atoms with van der Waals surface area (Å²) in [4.78, 5) is 53.3. The van der Waals surface area contributed by atoms with Crippen LogP contribution in [-0.2, 0) is 14.4 Å². The van der Waals surface area contributed by atoms with Gasteiger partial charge < -0.3 is 21.7 Å². The summed E-state index contributed by atoms with van der Waals surface area (Å²) in [7, 11) is 0. The van der Waals surface area contributed by atoms with Gasteiger partial charge in [0.2, 0.25) is 17.7 Å². The van der Waals surface area contributed by atoms with Crippen molar-refractivity contribution < 1.29 is 19.2 Å². The van der Waals surface area contributed by atoms with Crippen LogP contribution in [0.3, 0.4) is 0 Å². The third-order valence-electron chi connectivity index (χ3n) is 3.25. The van der Waals surface area contributed by atoms with Gasteiger partial charge in [-0.25, -0.2) is 9.78 Å². The Morgan fingerprint density at radius 3 is 2.28 bits per heavy atom. The molecular weight excluding hydrogens is 348 g/mol. The number of hydrogen-bond acceptors (Lipinski definition) is 7. The SMILES string of the molecule is CC.CCN1C(=O)CN(C(=O)NC(C(N)=O)c2csc(N)n2)CC1=O. The first kappa shape index (κ1) is 20.4. The van der Waals surface area contributed by atoms with Gasteiger partial charge in [-0.15, -0.1) is 11.3 Å². The first-order valence-electron chi connectivity index (χ1n) is 7.72. The minimum atomic E-state index is -1.19. The van der Waals surface area contributed by atoms with Crippen molar-refractivity contribution in [3.05, 3.63) is 11.1 Å². The molecule has 1 atom stereocenters. The number of aromatic nitrogens is 1. The number of carbonyl (C=O) groups is 4. The minimum absolute atomic E-state index is 0.207. The molecule has 2 heterocycles. The zero-order chi connectivity index (χ0) is 19.1. The van der Waals surface area contributed by atoms with Crippen molar-refractivity contribution in [3.8, 4) is 0 Å². The number of rotatable bonds is 4. The maximum atomic E-state index is 12.2. The van der Waals surface area contributed by atoms with Crippen LogP contribution < -0.4 is 16.8 Å². The van der Waals surface area contributed by atoms with E-state index in [4.69, 9.17) is 11.5 Å². The summed E-state index contributed by atoms with van der Waals surface area (Å²) >= 11 is 1.10. The second-order valence-corrected chi connectivity index (χ2v) is 5.67. The number of carbonyl (C=O) groups excluding carboxylic acids is 4. The largest absolute Gasteiger partial charge is 0.375 e. The fourth-order valence-electron chi connectivity index (χ4n) is 2.13. The van der Waals surface area contributed by atoms with Crippen LogP contribution in [-0.4, -0.2) is 58.2 Å². The number of nitrogen functional groups attached to an aromatic ring is 1. The molecule has 11 heteroatoms. The van der Waals surface area contributed by atoms with Gasteiger partial charge in [0, 0.05) is 11.9 Å². The lowest BCUT2D eigenvalue weighted by atomic mass is 10.2. The average molecular weight is 370 g/mol. The molecule has 1 aliphatic heterocycles. The molecule has 1 saturated heterocycles. The number of piperazine rings is 1. The van der Waals surface area contributed by atoms with Crippen LogP contribution in [0.2, 0.25) is 0 Å². The molecule has 0 aromatic carbocycles. The molecule has 0 spiro atoms. The molecule has 0 saturated carbocycles. The Morgan fingerprint density at radius 1 is 1.32 bits per heavy atom. The zero-order valence-corrected chi connectivity index (χ0v) is 15.1. The molecule has 5 amide bonds. The summed E-state index contributed by atoms with van der Waals surface area (Å²) in [5.41, 5.74) is 11.0. The number of nitrogens with one attached hydrogen (secondary N) is 1. The summed E-state index contributed by atoms with van der Waals surface area (Å²) < 4.78 is 0. The molecule has 0 bridgehead atoms. The van der Waals surface area contributed by atoms with Crippen LogP contribution in [0.1, 0.15) is 32.5 Å². The van der Waals surface area contributed by atoms with Crippen molar-refractivity contribution in [2.45, 2.75) is 26.8 Å². The van der Waals surface area contributed by atoms with Crippen molar-refractivity contribution in [2.24, 2.45) is 5.73 Å². The van der Waals surface area contributed by atoms with Crippen molar-refractivity contribution in [2.75, 3.05) is 25.4 Å². The van der Waals surface area contributed by atoms with Gasteiger partial charge in [-0.05, 0) is 6.92 Å². The molecule has 2 rings (SSSR count). The smallest absolute Gasteiger partial charge is 0.319 e. The molecule has 0 aliphatic carbocycles. The number of likely N-dealkylation sites (N-methyl/N-ethyl adjacent to an activating group) is 1. The van der Waals surface area contributed by atoms with Crippen molar-refractivity contribution in [1.82, 2.24) is 20.1 Å². The number of anilines is 1. The number of nitrogens with two attached hydrogens (primary N) is 2. The summed E-state index contributed by atoms with van der Waals surface area (Å²) in [6.45, 7) is 5.41. The Balaban J connectivity index is 0.00000151. The van der Waals surface area contributed by atoms with E-state index in [9.17, 15) is 19.2 Å². The Morgan fingerprint density at radius 2 is 1.88 bits per heavy atom. The molecule has 1 fully saturated rings. The summed E-state index contributed by atoms with van der Waals surface area (Å²) in [6.07, 6.45) is 0. The van der Waals surface area contributed by atoms with E-state index in [1.807, 2.05) is 13.8 Å². The highest BCUT2D eigenvalue weighted by Gasteiger charge is 2.34. The highest BCUT2D eigenvalue weighted by molar-refractivity contribution is 7.13. The van der Waals surface area contributed by atoms with Gasteiger partial charge >= 0.3 is 6.03 Å². The van der Waals surface area contributed by atoms with Gasteiger partial charge in [0.1, 0.15) is 13.1 Å². The maximum Gasteiger partial charge on any atom is 0.319 e. The number of amides is 5. The quantitative estimate of drug-likeness (QED) is 0.618. The van der Waals surface area contributed by atoms with E-state index in [0.29, 0.717) is 0 Å². The Hall–Kier alpha value is -2.69. The zero-order valence-electron chi connectivity index (χ0n) is 14.3. The molecule has 1 aromatic heterocycles. The Labute approximate surface area is 149 Å². The lowest BCUT2D eigenvalue weighted by molar-refractivity contribution is -0.149. The molecule has 1 unspecified atom stereocenters. The third kappa shape index (κ3) is 4.89. The van der Waals surface area contributed by atoms with E-state index in [1.54, 1.807) is 6.92 Å². The van der Waals surface area contributed by atoms with Crippen molar-refractivity contribution in [3.63, 3.8) is 0 Å².